The molecular weight excluding hydrogens is 304 g/mol. The Labute approximate surface area is 136 Å². The van der Waals surface area contributed by atoms with Crippen molar-refractivity contribution in [2.45, 2.75) is 38.1 Å². The van der Waals surface area contributed by atoms with Gasteiger partial charge in [-0.3, -0.25) is 0 Å². The molecule has 2 rings (SSSR count). The highest BCUT2D eigenvalue weighted by molar-refractivity contribution is 6.32. The molecule has 1 aliphatic carbocycles. The van der Waals surface area contributed by atoms with Gasteiger partial charge in [0.2, 0.25) is 0 Å². The fourth-order valence-electron chi connectivity index (χ4n) is 2.53. The van der Waals surface area contributed by atoms with Gasteiger partial charge in [-0.25, -0.2) is 4.79 Å². The Bertz CT molecular complexity index is 490. The topological polar surface area (TPSA) is 59.6 Å². The van der Waals surface area contributed by atoms with Gasteiger partial charge in [-0.2, -0.15) is 0 Å². The summed E-state index contributed by atoms with van der Waals surface area (Å²) in [4.78, 5) is 12.0. The molecule has 0 unspecified atom stereocenters. The predicted molar refractivity (Wildman–Crippen MR) is 87.9 cm³/mol. The fourth-order valence-corrected chi connectivity index (χ4v) is 2.77. The zero-order valence-corrected chi connectivity index (χ0v) is 13.6. The lowest BCUT2D eigenvalue weighted by molar-refractivity contribution is 0.146. The van der Waals surface area contributed by atoms with Crippen molar-refractivity contribution in [1.82, 2.24) is 5.32 Å². The number of anilines is 1. The smallest absolute Gasteiger partial charge is 0.319 e. The third kappa shape index (κ3) is 5.39. The number of urea groups is 1. The number of methoxy groups -OCH3 is 1. The molecule has 122 valence electrons. The third-order valence-corrected chi connectivity index (χ3v) is 3.97. The molecule has 0 aromatic heterocycles. The lowest BCUT2D eigenvalue weighted by Gasteiger charge is -2.22. The van der Waals surface area contributed by atoms with Gasteiger partial charge in [0, 0.05) is 18.8 Å². The summed E-state index contributed by atoms with van der Waals surface area (Å²) in [6, 6.07) is 5.30. The van der Waals surface area contributed by atoms with Gasteiger partial charge in [0.25, 0.3) is 0 Å². The Morgan fingerprint density at radius 3 is 2.73 bits per heavy atom. The van der Waals surface area contributed by atoms with E-state index in [0.29, 0.717) is 29.7 Å². The number of hydrogen-bond donors (Lipinski definition) is 2. The van der Waals surface area contributed by atoms with E-state index in [9.17, 15) is 4.79 Å². The zero-order chi connectivity index (χ0) is 15.8. The van der Waals surface area contributed by atoms with E-state index in [1.807, 2.05) is 0 Å². The molecule has 0 spiro atoms. The van der Waals surface area contributed by atoms with Crippen molar-refractivity contribution in [2.75, 3.05) is 25.6 Å². The van der Waals surface area contributed by atoms with Gasteiger partial charge < -0.3 is 20.1 Å². The first kappa shape index (κ1) is 16.9. The molecule has 1 saturated carbocycles. The summed E-state index contributed by atoms with van der Waals surface area (Å²) in [5.74, 6) is 0.581. The number of nitrogens with one attached hydrogen (secondary N) is 2. The maximum Gasteiger partial charge on any atom is 0.319 e. The number of carbonyl (C=O) groups excluding carboxylic acids is 1. The molecule has 22 heavy (non-hydrogen) atoms. The van der Waals surface area contributed by atoms with Gasteiger partial charge in [0.1, 0.15) is 12.4 Å². The average Bonchev–Trinajstić information content (AvgIpc) is 2.50. The van der Waals surface area contributed by atoms with Crippen LogP contribution in [-0.2, 0) is 4.74 Å². The van der Waals surface area contributed by atoms with Crippen LogP contribution in [0.2, 0.25) is 5.02 Å². The normalized spacial score (nSPS) is 15.4. The van der Waals surface area contributed by atoms with Gasteiger partial charge >= 0.3 is 6.03 Å². The van der Waals surface area contributed by atoms with E-state index in [2.05, 4.69) is 10.6 Å². The third-order valence-electron chi connectivity index (χ3n) is 3.68. The summed E-state index contributed by atoms with van der Waals surface area (Å²) in [5, 5.41) is 6.28. The predicted octanol–water partition coefficient (Wildman–Crippen LogP) is 3.82. The second-order valence-electron chi connectivity index (χ2n) is 5.42. The Balaban J connectivity index is 1.84. The van der Waals surface area contributed by atoms with E-state index in [4.69, 9.17) is 21.1 Å². The maximum absolute atomic E-state index is 12.0. The molecule has 0 radical (unpaired) electrons. The highest BCUT2D eigenvalue weighted by Crippen LogP contribution is 2.27. The van der Waals surface area contributed by atoms with Crippen molar-refractivity contribution in [1.29, 1.82) is 0 Å². The number of benzene rings is 1. The van der Waals surface area contributed by atoms with E-state index in [1.54, 1.807) is 25.3 Å². The minimum atomic E-state index is -0.184. The highest BCUT2D eigenvalue weighted by Gasteiger charge is 2.15. The van der Waals surface area contributed by atoms with Gasteiger partial charge in [-0.05, 0) is 31.0 Å². The molecule has 0 bridgehead atoms. The quantitative estimate of drug-likeness (QED) is 0.781. The number of ether oxygens (including phenoxy) is 2. The van der Waals surface area contributed by atoms with E-state index >= 15 is 0 Å². The van der Waals surface area contributed by atoms with Gasteiger partial charge in [0.05, 0.1) is 11.6 Å². The monoisotopic (exact) mass is 326 g/mol. The Kier molecular flexibility index (Phi) is 6.80. The number of amides is 2. The van der Waals surface area contributed by atoms with Crippen LogP contribution in [-0.4, -0.2) is 32.4 Å². The van der Waals surface area contributed by atoms with E-state index < -0.39 is 0 Å². The lowest BCUT2D eigenvalue weighted by atomic mass is 9.96. The largest absolute Gasteiger partial charge is 0.490 e. The molecule has 0 aliphatic heterocycles. The molecule has 2 amide bonds. The van der Waals surface area contributed by atoms with Crippen LogP contribution in [0.1, 0.15) is 32.1 Å². The summed E-state index contributed by atoms with van der Waals surface area (Å²) in [5.41, 5.74) is 0.650. The Morgan fingerprint density at radius 2 is 2.05 bits per heavy atom. The molecule has 6 heteroatoms. The van der Waals surface area contributed by atoms with Gasteiger partial charge in [0.15, 0.2) is 0 Å². The molecule has 0 saturated heterocycles. The van der Waals surface area contributed by atoms with Crippen LogP contribution in [0.5, 0.6) is 5.75 Å². The van der Waals surface area contributed by atoms with Crippen molar-refractivity contribution >= 4 is 23.3 Å². The molecular formula is C16H23ClN2O3. The van der Waals surface area contributed by atoms with Crippen LogP contribution in [0.15, 0.2) is 18.2 Å². The minimum absolute atomic E-state index is 0.184. The summed E-state index contributed by atoms with van der Waals surface area (Å²) < 4.78 is 10.4. The van der Waals surface area contributed by atoms with Crippen molar-refractivity contribution < 1.29 is 14.3 Å². The second-order valence-corrected chi connectivity index (χ2v) is 5.83. The van der Waals surface area contributed by atoms with Crippen LogP contribution < -0.4 is 15.4 Å². The Hall–Kier alpha value is -1.46. The first-order chi connectivity index (χ1) is 10.7. The first-order valence-corrected chi connectivity index (χ1v) is 8.05. The average molecular weight is 327 g/mol. The summed E-state index contributed by atoms with van der Waals surface area (Å²) in [6.07, 6.45) is 5.75. The standard InChI is InChI=1S/C16H23ClN2O3/c1-21-9-10-22-15-8-7-13(11-14(15)17)19-16(20)18-12-5-3-2-4-6-12/h7-8,11-12H,2-6,9-10H2,1H3,(H2,18,19,20). The summed E-state index contributed by atoms with van der Waals surface area (Å²) in [6.45, 7) is 0.936. The van der Waals surface area contributed by atoms with Crippen molar-refractivity contribution in [2.24, 2.45) is 0 Å². The van der Waals surface area contributed by atoms with E-state index in [-0.39, 0.29) is 12.1 Å². The molecule has 1 aromatic carbocycles. The second kappa shape index (κ2) is 8.86. The van der Waals surface area contributed by atoms with E-state index in [1.165, 1.54) is 19.3 Å². The number of halogens is 1. The highest BCUT2D eigenvalue weighted by atomic mass is 35.5. The van der Waals surface area contributed by atoms with Crippen molar-refractivity contribution in [3.8, 4) is 5.75 Å². The van der Waals surface area contributed by atoms with Gasteiger partial charge in [-0.15, -0.1) is 0 Å². The van der Waals surface area contributed by atoms with Crippen LogP contribution >= 0.6 is 11.6 Å². The van der Waals surface area contributed by atoms with Crippen LogP contribution in [0.3, 0.4) is 0 Å². The molecule has 1 fully saturated rings. The molecule has 0 heterocycles. The van der Waals surface area contributed by atoms with E-state index in [0.717, 1.165) is 12.8 Å². The summed E-state index contributed by atoms with van der Waals surface area (Å²) >= 11 is 6.15. The summed E-state index contributed by atoms with van der Waals surface area (Å²) in [7, 11) is 1.61. The molecule has 5 nitrogen and oxygen atoms in total. The van der Waals surface area contributed by atoms with Crippen molar-refractivity contribution in [3.63, 3.8) is 0 Å². The number of hydrogen-bond acceptors (Lipinski definition) is 3. The molecule has 1 aromatic rings. The van der Waals surface area contributed by atoms with Crippen LogP contribution in [0, 0.1) is 0 Å². The Morgan fingerprint density at radius 1 is 1.27 bits per heavy atom. The van der Waals surface area contributed by atoms with Gasteiger partial charge in [-0.1, -0.05) is 30.9 Å². The van der Waals surface area contributed by atoms with Crippen LogP contribution in [0.25, 0.3) is 0 Å². The SMILES string of the molecule is COCCOc1ccc(NC(=O)NC2CCCCC2)cc1Cl. The first-order valence-electron chi connectivity index (χ1n) is 7.68. The molecule has 1 aliphatic rings. The lowest BCUT2D eigenvalue weighted by Crippen LogP contribution is -2.39. The minimum Gasteiger partial charge on any atom is -0.490 e. The fraction of sp³-hybridized carbons (Fsp3) is 0.562. The molecule has 0 atom stereocenters. The number of rotatable bonds is 6. The maximum atomic E-state index is 12.0. The van der Waals surface area contributed by atoms with Crippen LogP contribution in [0.4, 0.5) is 10.5 Å². The van der Waals surface area contributed by atoms with Crippen molar-refractivity contribution in [3.05, 3.63) is 23.2 Å². The zero-order valence-electron chi connectivity index (χ0n) is 12.9. The number of carbonyl (C=O) groups is 1. The molecule has 2 N–H and O–H groups in total.